The van der Waals surface area contributed by atoms with Crippen molar-refractivity contribution in [1.82, 2.24) is 5.32 Å². The molecule has 1 N–H and O–H groups in total. The van der Waals surface area contributed by atoms with Crippen molar-refractivity contribution >= 4 is 6.09 Å². The lowest BCUT2D eigenvalue weighted by Gasteiger charge is -2.26. The summed E-state index contributed by atoms with van der Waals surface area (Å²) in [5, 5.41) is 2.65. The second kappa shape index (κ2) is 6.20. The Morgan fingerprint density at radius 2 is 1.65 bits per heavy atom. The Labute approximate surface area is 118 Å². The van der Waals surface area contributed by atoms with E-state index in [0.29, 0.717) is 5.56 Å². The summed E-state index contributed by atoms with van der Waals surface area (Å²) in [7, 11) is 0. The van der Waals surface area contributed by atoms with Crippen molar-refractivity contribution in [3.05, 3.63) is 35.4 Å². The van der Waals surface area contributed by atoms with E-state index in [4.69, 9.17) is 4.74 Å². The predicted molar refractivity (Wildman–Crippen MR) is 73.3 cm³/mol. The number of benzene rings is 1. The van der Waals surface area contributed by atoms with Crippen LogP contribution in [-0.4, -0.2) is 11.7 Å². The summed E-state index contributed by atoms with van der Waals surface area (Å²) in [6.07, 6.45) is -0.610. The quantitative estimate of drug-likeness (QED) is 0.904. The molecule has 112 valence electrons. The van der Waals surface area contributed by atoms with Gasteiger partial charge in [-0.25, -0.2) is 13.6 Å². The number of amides is 1. The van der Waals surface area contributed by atoms with Gasteiger partial charge in [0.2, 0.25) is 0 Å². The van der Waals surface area contributed by atoms with Crippen LogP contribution < -0.4 is 5.32 Å². The van der Waals surface area contributed by atoms with E-state index in [2.05, 4.69) is 5.32 Å². The first kappa shape index (κ1) is 16.4. The normalized spacial score (nSPS) is 13.2. The van der Waals surface area contributed by atoms with Crippen LogP contribution in [0.5, 0.6) is 0 Å². The lowest BCUT2D eigenvalue weighted by atomic mass is 9.96. The Balaban J connectivity index is 2.92. The monoisotopic (exact) mass is 285 g/mol. The molecule has 1 aromatic rings. The molecular weight excluding hydrogens is 264 g/mol. The van der Waals surface area contributed by atoms with Crippen LogP contribution in [-0.2, 0) is 4.74 Å². The zero-order valence-corrected chi connectivity index (χ0v) is 12.5. The van der Waals surface area contributed by atoms with Crippen LogP contribution in [0.15, 0.2) is 18.2 Å². The lowest BCUT2D eigenvalue weighted by Crippen LogP contribution is -2.36. The molecule has 20 heavy (non-hydrogen) atoms. The standard InChI is InChI=1S/C15H21F2NO2/c1-9(2)13(18-14(19)20-15(3,4)5)10-6-11(16)8-12(17)7-10/h6-9,13H,1-5H3,(H,18,19). The van der Waals surface area contributed by atoms with Gasteiger partial charge in [0, 0.05) is 6.07 Å². The SMILES string of the molecule is CC(C)C(NC(=O)OC(C)(C)C)c1cc(F)cc(F)c1. The molecule has 0 aromatic heterocycles. The van der Waals surface area contributed by atoms with Gasteiger partial charge < -0.3 is 10.1 Å². The molecule has 1 rings (SSSR count). The number of nitrogens with one attached hydrogen (secondary N) is 1. The summed E-state index contributed by atoms with van der Waals surface area (Å²) in [6.45, 7) is 8.95. The maximum atomic E-state index is 13.3. The summed E-state index contributed by atoms with van der Waals surface area (Å²) >= 11 is 0. The number of hydrogen-bond acceptors (Lipinski definition) is 2. The zero-order chi connectivity index (χ0) is 15.5. The van der Waals surface area contributed by atoms with Gasteiger partial charge in [-0.2, -0.15) is 0 Å². The molecule has 0 aliphatic carbocycles. The third-order valence-electron chi connectivity index (χ3n) is 2.58. The molecule has 1 atom stereocenters. The van der Waals surface area contributed by atoms with Gasteiger partial charge in [-0.3, -0.25) is 0 Å². The number of hydrogen-bond donors (Lipinski definition) is 1. The molecule has 0 heterocycles. The fraction of sp³-hybridized carbons (Fsp3) is 0.533. The van der Waals surface area contributed by atoms with Crippen LogP contribution in [0.2, 0.25) is 0 Å². The van der Waals surface area contributed by atoms with Gasteiger partial charge in [0.15, 0.2) is 0 Å². The van der Waals surface area contributed by atoms with E-state index in [9.17, 15) is 13.6 Å². The van der Waals surface area contributed by atoms with Gasteiger partial charge >= 0.3 is 6.09 Å². The number of carbonyl (C=O) groups excluding carboxylic acids is 1. The topological polar surface area (TPSA) is 38.3 Å². The summed E-state index contributed by atoms with van der Waals surface area (Å²) in [5.41, 5.74) is -0.248. The minimum Gasteiger partial charge on any atom is -0.444 e. The van der Waals surface area contributed by atoms with E-state index in [0.717, 1.165) is 6.07 Å². The van der Waals surface area contributed by atoms with E-state index in [1.54, 1.807) is 20.8 Å². The molecule has 0 saturated heterocycles. The highest BCUT2D eigenvalue weighted by Gasteiger charge is 2.23. The number of alkyl carbamates (subject to hydrolysis) is 1. The number of ether oxygens (including phenoxy) is 1. The molecule has 0 fully saturated rings. The van der Waals surface area contributed by atoms with E-state index in [-0.39, 0.29) is 5.92 Å². The molecule has 1 unspecified atom stereocenters. The summed E-state index contributed by atoms with van der Waals surface area (Å²) in [4.78, 5) is 11.8. The molecule has 0 spiro atoms. The molecule has 0 bridgehead atoms. The smallest absolute Gasteiger partial charge is 0.408 e. The first-order valence-corrected chi connectivity index (χ1v) is 6.54. The summed E-state index contributed by atoms with van der Waals surface area (Å²) in [6, 6.07) is 2.71. The predicted octanol–water partition coefficient (Wildman–Crippen LogP) is 4.19. The average molecular weight is 285 g/mol. The second-order valence-corrected chi connectivity index (χ2v) is 6.07. The molecule has 1 aromatic carbocycles. The van der Waals surface area contributed by atoms with Crippen LogP contribution in [0.3, 0.4) is 0 Å². The Morgan fingerprint density at radius 3 is 2.05 bits per heavy atom. The molecular formula is C15H21F2NO2. The third-order valence-corrected chi connectivity index (χ3v) is 2.58. The van der Waals surface area contributed by atoms with Gasteiger partial charge in [-0.1, -0.05) is 13.8 Å². The minimum atomic E-state index is -0.670. The molecule has 0 aliphatic heterocycles. The van der Waals surface area contributed by atoms with Gasteiger partial charge in [-0.05, 0) is 44.4 Å². The van der Waals surface area contributed by atoms with Crippen molar-refractivity contribution in [3.8, 4) is 0 Å². The van der Waals surface area contributed by atoms with Crippen molar-refractivity contribution in [2.75, 3.05) is 0 Å². The van der Waals surface area contributed by atoms with Crippen LogP contribution >= 0.6 is 0 Å². The second-order valence-electron chi connectivity index (χ2n) is 6.07. The molecule has 0 radical (unpaired) electrons. The molecule has 1 amide bonds. The first-order chi connectivity index (χ1) is 9.08. The van der Waals surface area contributed by atoms with Crippen molar-refractivity contribution in [1.29, 1.82) is 0 Å². The average Bonchev–Trinajstić information content (AvgIpc) is 2.21. The van der Waals surface area contributed by atoms with Gasteiger partial charge in [0.05, 0.1) is 6.04 Å². The molecule has 0 saturated carbocycles. The Morgan fingerprint density at radius 1 is 1.15 bits per heavy atom. The minimum absolute atomic E-state index is 0.0382. The highest BCUT2D eigenvalue weighted by atomic mass is 19.1. The van der Waals surface area contributed by atoms with Crippen LogP contribution in [0, 0.1) is 17.6 Å². The van der Waals surface area contributed by atoms with E-state index >= 15 is 0 Å². The molecule has 0 aliphatic rings. The zero-order valence-electron chi connectivity index (χ0n) is 12.5. The van der Waals surface area contributed by atoms with E-state index in [1.165, 1.54) is 12.1 Å². The Hall–Kier alpha value is -1.65. The number of rotatable bonds is 3. The number of halogens is 2. The van der Waals surface area contributed by atoms with E-state index in [1.807, 2.05) is 13.8 Å². The van der Waals surface area contributed by atoms with Crippen molar-refractivity contribution in [3.63, 3.8) is 0 Å². The third kappa shape index (κ3) is 5.15. The highest BCUT2D eigenvalue weighted by Crippen LogP contribution is 2.24. The van der Waals surface area contributed by atoms with Crippen molar-refractivity contribution in [2.24, 2.45) is 5.92 Å². The molecule has 3 nitrogen and oxygen atoms in total. The Kier molecular flexibility index (Phi) is 5.09. The highest BCUT2D eigenvalue weighted by molar-refractivity contribution is 5.68. The number of carbonyl (C=O) groups is 1. The van der Waals surface area contributed by atoms with Crippen LogP contribution in [0.25, 0.3) is 0 Å². The largest absolute Gasteiger partial charge is 0.444 e. The van der Waals surface area contributed by atoms with Crippen LogP contribution in [0.1, 0.15) is 46.2 Å². The van der Waals surface area contributed by atoms with Gasteiger partial charge in [0.25, 0.3) is 0 Å². The summed E-state index contributed by atoms with van der Waals surface area (Å²) < 4.78 is 31.7. The van der Waals surface area contributed by atoms with Crippen molar-refractivity contribution in [2.45, 2.75) is 46.3 Å². The van der Waals surface area contributed by atoms with Gasteiger partial charge in [-0.15, -0.1) is 0 Å². The fourth-order valence-electron chi connectivity index (χ4n) is 1.82. The summed E-state index contributed by atoms with van der Waals surface area (Å²) in [5.74, 6) is -1.38. The first-order valence-electron chi connectivity index (χ1n) is 6.54. The van der Waals surface area contributed by atoms with E-state index < -0.39 is 29.4 Å². The van der Waals surface area contributed by atoms with Crippen molar-refractivity contribution < 1.29 is 18.3 Å². The molecule has 5 heteroatoms. The van der Waals surface area contributed by atoms with Gasteiger partial charge in [0.1, 0.15) is 17.2 Å². The Bertz CT molecular complexity index is 461. The lowest BCUT2D eigenvalue weighted by molar-refractivity contribution is 0.0489. The maximum absolute atomic E-state index is 13.3. The maximum Gasteiger partial charge on any atom is 0.408 e. The van der Waals surface area contributed by atoms with Crippen LogP contribution in [0.4, 0.5) is 13.6 Å². The fourth-order valence-corrected chi connectivity index (χ4v) is 1.82.